The number of imidazole rings is 1. The Morgan fingerprint density at radius 2 is 2.11 bits per heavy atom. The van der Waals surface area contributed by atoms with Gasteiger partial charge < -0.3 is 14.7 Å². The van der Waals surface area contributed by atoms with Gasteiger partial charge in [0.05, 0.1) is 13.0 Å². The fourth-order valence-electron chi connectivity index (χ4n) is 1.61. The summed E-state index contributed by atoms with van der Waals surface area (Å²) in [6.07, 6.45) is 3.46. The molecule has 1 heterocycles. The van der Waals surface area contributed by atoms with Gasteiger partial charge in [0, 0.05) is 11.9 Å². The lowest BCUT2D eigenvalue weighted by molar-refractivity contribution is -0.145. The van der Waals surface area contributed by atoms with E-state index < -0.39 is 0 Å². The average Bonchev–Trinajstić information content (AvgIpc) is 2.78. The molecule has 1 rings (SSSR count). The summed E-state index contributed by atoms with van der Waals surface area (Å²) in [6, 6.07) is 0. The second kappa shape index (κ2) is 7.03. The lowest BCUT2D eigenvalue weighted by Crippen LogP contribution is -2.17. The molecule has 18 heavy (non-hydrogen) atoms. The van der Waals surface area contributed by atoms with Crippen molar-refractivity contribution in [3.8, 4) is 0 Å². The van der Waals surface area contributed by atoms with Crippen molar-refractivity contribution in [1.82, 2.24) is 9.97 Å². The molecule has 0 saturated carbocycles. The molecule has 0 amide bonds. The summed E-state index contributed by atoms with van der Waals surface area (Å²) >= 11 is 0. The van der Waals surface area contributed by atoms with E-state index in [9.17, 15) is 9.59 Å². The van der Waals surface area contributed by atoms with Crippen molar-refractivity contribution in [2.45, 2.75) is 40.0 Å². The molecule has 2 unspecified atom stereocenters. The van der Waals surface area contributed by atoms with Crippen LogP contribution in [0, 0.1) is 11.8 Å². The van der Waals surface area contributed by atoms with E-state index >= 15 is 0 Å². The Labute approximate surface area is 107 Å². The molecule has 1 aromatic heterocycles. The fraction of sp³-hybridized carbons (Fsp3) is 0.692. The van der Waals surface area contributed by atoms with Gasteiger partial charge in [-0.1, -0.05) is 27.2 Å². The molecular formula is C13H22N2O3. The van der Waals surface area contributed by atoms with E-state index in [0.29, 0.717) is 31.3 Å². The minimum atomic E-state index is -0.247. The van der Waals surface area contributed by atoms with Crippen molar-refractivity contribution in [3.63, 3.8) is 0 Å². The lowest BCUT2D eigenvalue weighted by atomic mass is 9.94. The van der Waals surface area contributed by atoms with Gasteiger partial charge in [0.15, 0.2) is 0 Å². The van der Waals surface area contributed by atoms with Crippen molar-refractivity contribution in [1.29, 1.82) is 0 Å². The van der Waals surface area contributed by atoms with E-state index in [4.69, 9.17) is 4.74 Å². The van der Waals surface area contributed by atoms with Crippen molar-refractivity contribution >= 4 is 5.97 Å². The number of hydrogen-bond donors (Lipinski definition) is 2. The molecule has 1 aromatic rings. The van der Waals surface area contributed by atoms with E-state index in [0.717, 1.165) is 12.1 Å². The van der Waals surface area contributed by atoms with Gasteiger partial charge in [-0.25, -0.2) is 4.79 Å². The van der Waals surface area contributed by atoms with Crippen LogP contribution in [-0.2, 0) is 16.0 Å². The largest absolute Gasteiger partial charge is 0.465 e. The van der Waals surface area contributed by atoms with E-state index in [-0.39, 0.29) is 11.7 Å². The molecular weight excluding hydrogens is 232 g/mol. The average molecular weight is 254 g/mol. The molecule has 0 aliphatic heterocycles. The number of ether oxygens (including phenoxy) is 1. The predicted molar refractivity (Wildman–Crippen MR) is 69.3 cm³/mol. The van der Waals surface area contributed by atoms with E-state index in [1.807, 2.05) is 0 Å². The molecule has 0 radical (unpaired) electrons. The minimum absolute atomic E-state index is 0.216. The van der Waals surface area contributed by atoms with Crippen LogP contribution in [0.4, 0.5) is 0 Å². The van der Waals surface area contributed by atoms with Gasteiger partial charge in [0.1, 0.15) is 0 Å². The first-order valence-electron chi connectivity index (χ1n) is 6.45. The lowest BCUT2D eigenvalue weighted by Gasteiger charge is -2.17. The van der Waals surface area contributed by atoms with Crippen LogP contribution in [0.1, 0.15) is 39.3 Å². The van der Waals surface area contributed by atoms with Crippen molar-refractivity contribution in [3.05, 3.63) is 22.4 Å². The molecule has 0 aromatic carbocycles. The Morgan fingerprint density at radius 3 is 2.67 bits per heavy atom. The van der Waals surface area contributed by atoms with Crippen LogP contribution in [0.2, 0.25) is 0 Å². The number of carbonyl (C=O) groups is 1. The SMILES string of the molecule is CCC(C)C(C)COC(=O)CCc1c[nH]c(=O)[nH]1. The normalized spacial score (nSPS) is 14.2. The molecule has 0 saturated heterocycles. The number of aromatic nitrogens is 2. The fourth-order valence-corrected chi connectivity index (χ4v) is 1.61. The highest BCUT2D eigenvalue weighted by Gasteiger charge is 2.13. The molecule has 0 aliphatic rings. The maximum absolute atomic E-state index is 11.5. The first-order valence-corrected chi connectivity index (χ1v) is 6.45. The number of rotatable bonds is 7. The number of nitrogens with one attached hydrogen (secondary N) is 2. The molecule has 0 spiro atoms. The van der Waals surface area contributed by atoms with Gasteiger partial charge >= 0.3 is 11.7 Å². The summed E-state index contributed by atoms with van der Waals surface area (Å²) in [4.78, 5) is 27.5. The Bertz CT molecular complexity index is 422. The Kier molecular flexibility index (Phi) is 5.68. The van der Waals surface area contributed by atoms with Gasteiger partial charge in [0.25, 0.3) is 0 Å². The smallest absolute Gasteiger partial charge is 0.323 e. The minimum Gasteiger partial charge on any atom is -0.465 e. The van der Waals surface area contributed by atoms with Gasteiger partial charge in [-0.2, -0.15) is 0 Å². The molecule has 5 nitrogen and oxygen atoms in total. The first-order chi connectivity index (χ1) is 8.52. The Morgan fingerprint density at radius 1 is 1.39 bits per heavy atom. The summed E-state index contributed by atoms with van der Waals surface area (Å²) in [5.41, 5.74) is 0.482. The van der Waals surface area contributed by atoms with Crippen molar-refractivity contribution in [2.75, 3.05) is 6.61 Å². The van der Waals surface area contributed by atoms with Gasteiger partial charge in [-0.3, -0.25) is 4.79 Å². The second-order valence-corrected chi connectivity index (χ2v) is 4.81. The summed E-state index contributed by atoms with van der Waals surface area (Å²) in [5, 5.41) is 0. The van der Waals surface area contributed by atoms with Gasteiger partial charge in [-0.15, -0.1) is 0 Å². The summed E-state index contributed by atoms with van der Waals surface area (Å²) in [7, 11) is 0. The van der Waals surface area contributed by atoms with Crippen LogP contribution in [0.25, 0.3) is 0 Å². The maximum Gasteiger partial charge on any atom is 0.323 e. The van der Waals surface area contributed by atoms with Crippen LogP contribution < -0.4 is 5.69 Å². The van der Waals surface area contributed by atoms with Crippen molar-refractivity contribution < 1.29 is 9.53 Å². The highest BCUT2D eigenvalue weighted by Crippen LogP contribution is 2.14. The highest BCUT2D eigenvalue weighted by atomic mass is 16.5. The zero-order valence-corrected chi connectivity index (χ0v) is 11.3. The predicted octanol–water partition coefficient (Wildman–Crippen LogP) is 1.86. The first kappa shape index (κ1) is 14.5. The molecule has 2 atom stereocenters. The second-order valence-electron chi connectivity index (χ2n) is 4.81. The summed E-state index contributed by atoms with van der Waals surface area (Å²) in [6.45, 7) is 6.84. The monoisotopic (exact) mass is 254 g/mol. The van der Waals surface area contributed by atoms with Crippen LogP contribution in [0.5, 0.6) is 0 Å². The summed E-state index contributed by atoms with van der Waals surface area (Å²) < 4.78 is 5.21. The van der Waals surface area contributed by atoms with Crippen LogP contribution in [-0.4, -0.2) is 22.5 Å². The summed E-state index contributed by atoms with van der Waals surface area (Å²) in [5.74, 6) is 0.719. The maximum atomic E-state index is 11.5. The van der Waals surface area contributed by atoms with Crippen LogP contribution in [0.15, 0.2) is 11.0 Å². The highest BCUT2D eigenvalue weighted by molar-refractivity contribution is 5.69. The molecule has 102 valence electrons. The third kappa shape index (κ3) is 4.77. The molecule has 5 heteroatoms. The quantitative estimate of drug-likeness (QED) is 0.729. The third-order valence-corrected chi connectivity index (χ3v) is 3.37. The van der Waals surface area contributed by atoms with Crippen LogP contribution in [0.3, 0.4) is 0 Å². The number of esters is 1. The number of aryl methyl sites for hydroxylation is 1. The molecule has 0 bridgehead atoms. The van der Waals surface area contributed by atoms with Gasteiger partial charge in [-0.05, 0) is 18.3 Å². The molecule has 0 aliphatic carbocycles. The Hall–Kier alpha value is -1.52. The zero-order valence-electron chi connectivity index (χ0n) is 11.3. The van der Waals surface area contributed by atoms with E-state index in [2.05, 4.69) is 30.7 Å². The number of H-pyrrole nitrogens is 2. The Balaban J connectivity index is 2.24. The molecule has 0 fully saturated rings. The van der Waals surface area contributed by atoms with E-state index in [1.165, 1.54) is 0 Å². The van der Waals surface area contributed by atoms with Crippen molar-refractivity contribution in [2.24, 2.45) is 11.8 Å². The number of hydrogen-bond acceptors (Lipinski definition) is 3. The number of carbonyl (C=O) groups excluding carboxylic acids is 1. The molecule has 2 N–H and O–H groups in total. The standard InChI is InChI=1S/C13H22N2O3/c1-4-9(2)10(3)8-18-12(16)6-5-11-7-14-13(17)15-11/h7,9-10H,4-6,8H2,1-3H3,(H2,14,15,17). The number of aromatic amines is 2. The van der Waals surface area contributed by atoms with E-state index in [1.54, 1.807) is 6.20 Å². The third-order valence-electron chi connectivity index (χ3n) is 3.37. The van der Waals surface area contributed by atoms with Gasteiger partial charge in [0.2, 0.25) is 0 Å². The zero-order chi connectivity index (χ0) is 13.5. The van der Waals surface area contributed by atoms with Crippen LogP contribution >= 0.6 is 0 Å². The topological polar surface area (TPSA) is 75.0 Å².